The minimum Gasteiger partial charge on any atom is -0.490 e. The summed E-state index contributed by atoms with van der Waals surface area (Å²) in [4.78, 5) is 0. The van der Waals surface area contributed by atoms with Gasteiger partial charge in [0.25, 0.3) is 0 Å². The lowest BCUT2D eigenvalue weighted by molar-refractivity contribution is 0.233. The summed E-state index contributed by atoms with van der Waals surface area (Å²) in [5, 5.41) is 2.25. The van der Waals surface area contributed by atoms with E-state index < -0.39 is 0 Å². The lowest BCUT2D eigenvalue weighted by Crippen LogP contribution is -2.27. The Labute approximate surface area is 95.5 Å². The fraction of sp³-hybridized carbons (Fsp3) is 0.286. The fourth-order valence-electron chi connectivity index (χ4n) is 1.57. The van der Waals surface area contributed by atoms with E-state index in [1.54, 1.807) is 6.08 Å². The lowest BCUT2D eigenvalue weighted by Gasteiger charge is -2.05. The summed E-state index contributed by atoms with van der Waals surface area (Å²) in [6, 6.07) is 8.13. The zero-order valence-electron chi connectivity index (χ0n) is 9.48. The number of ether oxygens (including phenoxy) is 2. The second-order valence-electron chi connectivity index (χ2n) is 3.71. The predicted octanol–water partition coefficient (Wildman–Crippen LogP) is 1.20. The summed E-state index contributed by atoms with van der Waals surface area (Å²) in [7, 11) is 0. The van der Waals surface area contributed by atoms with Crippen LogP contribution in [-0.2, 0) is 9.47 Å². The van der Waals surface area contributed by atoms with Crippen LogP contribution < -0.4 is 10.4 Å². The first-order valence-electron chi connectivity index (χ1n) is 5.47. The summed E-state index contributed by atoms with van der Waals surface area (Å²) >= 11 is 0. The topological polar surface area (TPSA) is 21.8 Å². The molecule has 0 radical (unpaired) electrons. The molecular weight excluding hydrogens is 200 g/mol. The Bertz CT molecular complexity index is 484. The van der Waals surface area contributed by atoms with Crippen molar-refractivity contribution in [1.29, 1.82) is 0 Å². The van der Waals surface area contributed by atoms with Crippen molar-refractivity contribution < 1.29 is 9.47 Å². The van der Waals surface area contributed by atoms with Crippen molar-refractivity contribution in [1.82, 2.24) is 0 Å². The van der Waals surface area contributed by atoms with E-state index in [0.717, 1.165) is 22.8 Å². The standard InChI is InChI=1S/C14H16O2/c1-3-11-7-5-6-8-13(11)14(4-2)16-10-12-9-15-12/h3-8,12H,2,9-10H2,1H3/b11-3-,14-13+. The average Bonchev–Trinajstić information content (AvgIpc) is 3.14. The highest BCUT2D eigenvalue weighted by Crippen LogP contribution is 2.11. The van der Waals surface area contributed by atoms with Crippen molar-refractivity contribution in [3.63, 3.8) is 0 Å². The molecule has 0 aromatic heterocycles. The van der Waals surface area contributed by atoms with Crippen molar-refractivity contribution in [3.8, 4) is 0 Å². The molecule has 1 heterocycles. The summed E-state index contributed by atoms with van der Waals surface area (Å²) in [5.74, 6) is 0.823. The van der Waals surface area contributed by atoms with Gasteiger partial charge in [-0.2, -0.15) is 0 Å². The monoisotopic (exact) mass is 216 g/mol. The van der Waals surface area contributed by atoms with Crippen molar-refractivity contribution in [2.45, 2.75) is 13.0 Å². The van der Waals surface area contributed by atoms with Crippen LogP contribution in [-0.4, -0.2) is 19.3 Å². The highest BCUT2D eigenvalue weighted by atomic mass is 16.6. The van der Waals surface area contributed by atoms with Crippen molar-refractivity contribution in [2.75, 3.05) is 13.2 Å². The van der Waals surface area contributed by atoms with E-state index in [1.807, 2.05) is 25.1 Å². The molecule has 1 aliphatic heterocycles. The average molecular weight is 216 g/mol. The van der Waals surface area contributed by atoms with Gasteiger partial charge in [-0.15, -0.1) is 0 Å². The van der Waals surface area contributed by atoms with Gasteiger partial charge in [0.1, 0.15) is 18.5 Å². The molecule has 1 aromatic rings. The Hall–Kier alpha value is -1.54. The molecule has 0 amide bonds. The molecule has 0 spiro atoms. The molecule has 0 aliphatic carbocycles. The molecule has 0 saturated carbocycles. The van der Waals surface area contributed by atoms with Gasteiger partial charge in [0.2, 0.25) is 0 Å². The lowest BCUT2D eigenvalue weighted by atomic mass is 10.2. The summed E-state index contributed by atoms with van der Waals surface area (Å²) in [5.41, 5.74) is 0. The Morgan fingerprint density at radius 3 is 2.94 bits per heavy atom. The Morgan fingerprint density at radius 2 is 2.31 bits per heavy atom. The van der Waals surface area contributed by atoms with Crippen LogP contribution in [0.25, 0.3) is 11.8 Å². The largest absolute Gasteiger partial charge is 0.490 e. The molecule has 1 aromatic carbocycles. The number of rotatable bonds is 4. The maximum absolute atomic E-state index is 5.70. The minimum atomic E-state index is 0.271. The smallest absolute Gasteiger partial charge is 0.126 e. The third-order valence-corrected chi connectivity index (χ3v) is 2.55. The molecule has 1 saturated heterocycles. The summed E-state index contributed by atoms with van der Waals surface area (Å²) in [6.45, 7) is 7.23. The normalized spacial score (nSPS) is 21.6. The highest BCUT2D eigenvalue weighted by Gasteiger charge is 2.23. The van der Waals surface area contributed by atoms with Crippen LogP contribution in [0.5, 0.6) is 0 Å². The quantitative estimate of drug-likeness (QED) is 0.705. The molecule has 0 N–H and O–H groups in total. The SMILES string of the molecule is C=C/C(OCC1CO1)=c1/cccc/c1=C/C. The molecule has 84 valence electrons. The van der Waals surface area contributed by atoms with E-state index in [0.29, 0.717) is 6.61 Å². The first kappa shape index (κ1) is 11.0. The van der Waals surface area contributed by atoms with Crippen LogP contribution >= 0.6 is 0 Å². The Morgan fingerprint density at radius 1 is 1.56 bits per heavy atom. The minimum absolute atomic E-state index is 0.271. The number of hydrogen-bond donors (Lipinski definition) is 0. The van der Waals surface area contributed by atoms with Gasteiger partial charge >= 0.3 is 0 Å². The van der Waals surface area contributed by atoms with Crippen LogP contribution in [0.1, 0.15) is 6.92 Å². The number of benzene rings is 1. The van der Waals surface area contributed by atoms with Gasteiger partial charge in [0.05, 0.1) is 6.61 Å². The van der Waals surface area contributed by atoms with Gasteiger partial charge in [-0.3, -0.25) is 0 Å². The van der Waals surface area contributed by atoms with Crippen LogP contribution in [0.3, 0.4) is 0 Å². The van der Waals surface area contributed by atoms with Gasteiger partial charge in [0.15, 0.2) is 0 Å². The third kappa shape index (κ3) is 2.52. The van der Waals surface area contributed by atoms with Crippen molar-refractivity contribution >= 4 is 11.8 Å². The highest BCUT2D eigenvalue weighted by molar-refractivity contribution is 5.49. The summed E-state index contributed by atoms with van der Waals surface area (Å²) in [6.07, 6.45) is 4.09. The van der Waals surface area contributed by atoms with E-state index in [2.05, 4.69) is 18.7 Å². The molecule has 0 bridgehead atoms. The second-order valence-corrected chi connectivity index (χ2v) is 3.71. The van der Waals surface area contributed by atoms with Gasteiger partial charge in [-0.25, -0.2) is 0 Å². The molecular formula is C14H16O2. The van der Waals surface area contributed by atoms with Crippen molar-refractivity contribution in [2.24, 2.45) is 0 Å². The predicted molar refractivity (Wildman–Crippen MR) is 65.1 cm³/mol. The van der Waals surface area contributed by atoms with E-state index in [9.17, 15) is 0 Å². The fourth-order valence-corrected chi connectivity index (χ4v) is 1.57. The van der Waals surface area contributed by atoms with E-state index >= 15 is 0 Å². The first-order chi connectivity index (χ1) is 7.85. The Kier molecular flexibility index (Phi) is 3.42. The second kappa shape index (κ2) is 4.99. The van der Waals surface area contributed by atoms with Gasteiger partial charge < -0.3 is 9.47 Å². The molecule has 1 aliphatic rings. The van der Waals surface area contributed by atoms with Crippen LogP contribution in [0.15, 0.2) is 36.9 Å². The zero-order chi connectivity index (χ0) is 11.4. The zero-order valence-corrected chi connectivity index (χ0v) is 9.48. The molecule has 1 unspecified atom stereocenters. The maximum Gasteiger partial charge on any atom is 0.126 e. The Balaban J connectivity index is 2.36. The van der Waals surface area contributed by atoms with E-state index in [-0.39, 0.29) is 6.10 Å². The number of epoxide rings is 1. The first-order valence-corrected chi connectivity index (χ1v) is 5.47. The van der Waals surface area contributed by atoms with Gasteiger partial charge in [-0.1, -0.05) is 36.9 Å². The van der Waals surface area contributed by atoms with E-state index in [1.165, 1.54) is 0 Å². The molecule has 1 atom stereocenters. The molecule has 2 heteroatoms. The molecule has 2 rings (SSSR count). The molecule has 1 fully saturated rings. The van der Waals surface area contributed by atoms with Crippen LogP contribution in [0.2, 0.25) is 0 Å². The van der Waals surface area contributed by atoms with Crippen molar-refractivity contribution in [3.05, 3.63) is 47.4 Å². The van der Waals surface area contributed by atoms with Crippen LogP contribution in [0, 0.1) is 0 Å². The third-order valence-electron chi connectivity index (χ3n) is 2.55. The maximum atomic E-state index is 5.70. The summed E-state index contributed by atoms with van der Waals surface area (Å²) < 4.78 is 10.8. The van der Waals surface area contributed by atoms with E-state index in [4.69, 9.17) is 9.47 Å². The van der Waals surface area contributed by atoms with Crippen LogP contribution in [0.4, 0.5) is 0 Å². The molecule has 2 nitrogen and oxygen atoms in total. The van der Waals surface area contributed by atoms with Gasteiger partial charge in [0, 0.05) is 5.22 Å². The molecule has 16 heavy (non-hydrogen) atoms. The number of hydrogen-bond acceptors (Lipinski definition) is 2. The van der Waals surface area contributed by atoms with Gasteiger partial charge in [-0.05, 0) is 18.2 Å².